The zero-order valence-electron chi connectivity index (χ0n) is 9.28. The molecule has 2 fully saturated rings. The van der Waals surface area contributed by atoms with E-state index >= 15 is 0 Å². The number of nitrogens with zero attached hydrogens (tertiary/aromatic N) is 2. The number of piperidine rings is 1. The fourth-order valence-electron chi connectivity index (χ4n) is 2.50. The predicted molar refractivity (Wildman–Crippen MR) is 59.3 cm³/mol. The van der Waals surface area contributed by atoms with E-state index in [1.807, 2.05) is 0 Å². The average molecular weight is 197 g/mol. The number of nitrogens with two attached hydrogens (primary N) is 1. The van der Waals surface area contributed by atoms with Crippen molar-refractivity contribution in [3.63, 3.8) is 0 Å². The maximum absolute atomic E-state index is 5.59. The minimum atomic E-state index is 0.757. The molecule has 1 unspecified atom stereocenters. The lowest BCUT2D eigenvalue weighted by Crippen LogP contribution is -2.48. The van der Waals surface area contributed by atoms with Crippen LogP contribution in [0.5, 0.6) is 0 Å². The quantitative estimate of drug-likeness (QED) is 0.712. The van der Waals surface area contributed by atoms with Crippen molar-refractivity contribution in [2.75, 3.05) is 33.2 Å². The van der Waals surface area contributed by atoms with Crippen LogP contribution in [0.1, 0.15) is 25.7 Å². The molecule has 0 aromatic rings. The van der Waals surface area contributed by atoms with Crippen molar-refractivity contribution in [1.82, 2.24) is 9.80 Å². The number of likely N-dealkylation sites (tertiary alicyclic amines) is 1. The van der Waals surface area contributed by atoms with Crippen molar-refractivity contribution < 1.29 is 0 Å². The molecule has 0 bridgehead atoms. The number of hydrogen-bond acceptors (Lipinski definition) is 3. The second-order valence-electron chi connectivity index (χ2n) is 4.79. The van der Waals surface area contributed by atoms with E-state index in [4.69, 9.17) is 5.73 Å². The first-order valence-electron chi connectivity index (χ1n) is 5.95. The summed E-state index contributed by atoms with van der Waals surface area (Å²) in [5.41, 5.74) is 5.59. The molecule has 0 amide bonds. The minimum absolute atomic E-state index is 0.757. The van der Waals surface area contributed by atoms with Gasteiger partial charge in [0.25, 0.3) is 0 Å². The van der Waals surface area contributed by atoms with Crippen LogP contribution in [0.4, 0.5) is 0 Å². The lowest BCUT2D eigenvalue weighted by atomic mass is 10.0. The Balaban J connectivity index is 1.80. The van der Waals surface area contributed by atoms with Gasteiger partial charge in [-0.05, 0) is 39.3 Å². The third-order valence-electron chi connectivity index (χ3n) is 3.60. The molecule has 1 atom stereocenters. The normalized spacial score (nSPS) is 29.8. The lowest BCUT2D eigenvalue weighted by molar-refractivity contribution is 0.113. The predicted octanol–water partition coefficient (Wildman–Crippen LogP) is 0.504. The number of likely N-dealkylation sites (N-methyl/N-ethyl adjacent to an activating group) is 1. The molecule has 0 aromatic heterocycles. The summed E-state index contributed by atoms with van der Waals surface area (Å²) in [4.78, 5) is 5.12. The van der Waals surface area contributed by atoms with Gasteiger partial charge in [0.05, 0.1) is 0 Å². The van der Waals surface area contributed by atoms with Gasteiger partial charge >= 0.3 is 0 Å². The Morgan fingerprint density at radius 2 is 2.14 bits per heavy atom. The molecule has 2 aliphatic rings. The highest BCUT2D eigenvalue weighted by Crippen LogP contribution is 2.30. The van der Waals surface area contributed by atoms with Crippen molar-refractivity contribution in [1.29, 1.82) is 0 Å². The monoisotopic (exact) mass is 197 g/mol. The van der Waals surface area contributed by atoms with Gasteiger partial charge in [-0.1, -0.05) is 0 Å². The van der Waals surface area contributed by atoms with Crippen molar-refractivity contribution >= 4 is 0 Å². The third kappa shape index (κ3) is 2.47. The van der Waals surface area contributed by atoms with Crippen LogP contribution in [0.3, 0.4) is 0 Å². The molecule has 14 heavy (non-hydrogen) atoms. The van der Waals surface area contributed by atoms with Gasteiger partial charge < -0.3 is 10.6 Å². The molecule has 1 aliphatic carbocycles. The first-order chi connectivity index (χ1) is 6.81. The van der Waals surface area contributed by atoms with Gasteiger partial charge in [-0.25, -0.2) is 0 Å². The van der Waals surface area contributed by atoms with Crippen molar-refractivity contribution in [3.05, 3.63) is 0 Å². The fourth-order valence-corrected chi connectivity index (χ4v) is 2.50. The molecule has 82 valence electrons. The number of rotatable bonds is 4. The Morgan fingerprint density at radius 3 is 2.79 bits per heavy atom. The highest BCUT2D eigenvalue weighted by Gasteiger charge is 2.33. The van der Waals surface area contributed by atoms with Gasteiger partial charge in [0.2, 0.25) is 0 Å². The molecule has 1 saturated carbocycles. The first kappa shape index (κ1) is 10.4. The maximum Gasteiger partial charge on any atom is 0.0221 e. The molecule has 3 nitrogen and oxygen atoms in total. The first-order valence-corrected chi connectivity index (χ1v) is 5.95. The molecule has 0 spiro atoms. The molecule has 1 heterocycles. The van der Waals surface area contributed by atoms with E-state index in [1.54, 1.807) is 0 Å². The third-order valence-corrected chi connectivity index (χ3v) is 3.60. The zero-order valence-corrected chi connectivity index (χ0v) is 9.28. The summed E-state index contributed by atoms with van der Waals surface area (Å²) in [5.74, 6) is 0. The van der Waals surface area contributed by atoms with Gasteiger partial charge in [-0.15, -0.1) is 0 Å². The second kappa shape index (κ2) is 4.60. The zero-order chi connectivity index (χ0) is 9.97. The number of hydrogen-bond donors (Lipinski definition) is 1. The Labute approximate surface area is 87.2 Å². The van der Waals surface area contributed by atoms with Gasteiger partial charge in [0.15, 0.2) is 0 Å². The molecular formula is C11H23N3. The lowest BCUT2D eigenvalue weighted by Gasteiger charge is -2.37. The molecule has 1 aliphatic heterocycles. The largest absolute Gasteiger partial charge is 0.329 e. The molecule has 2 N–H and O–H groups in total. The highest BCUT2D eigenvalue weighted by atomic mass is 15.2. The van der Waals surface area contributed by atoms with E-state index in [9.17, 15) is 0 Å². The van der Waals surface area contributed by atoms with Crippen LogP contribution in [-0.2, 0) is 0 Å². The molecule has 1 saturated heterocycles. The van der Waals surface area contributed by atoms with Crippen molar-refractivity contribution in [2.24, 2.45) is 5.73 Å². The smallest absolute Gasteiger partial charge is 0.0221 e. The van der Waals surface area contributed by atoms with Crippen molar-refractivity contribution in [2.45, 2.75) is 37.8 Å². The van der Waals surface area contributed by atoms with Gasteiger partial charge in [-0.2, -0.15) is 0 Å². The molecular weight excluding hydrogens is 174 g/mol. The Kier molecular flexibility index (Phi) is 3.42. The maximum atomic E-state index is 5.59. The SMILES string of the molecule is CN(CCN)C1CCCN(C2CC2)C1. The molecule has 2 rings (SSSR count). The molecule has 0 radical (unpaired) electrons. The standard InChI is InChI=1S/C11H23N3/c1-13(8-6-12)11-3-2-7-14(9-11)10-4-5-10/h10-11H,2-9,12H2,1H3. The van der Waals surface area contributed by atoms with Crippen LogP contribution < -0.4 is 5.73 Å². The van der Waals surface area contributed by atoms with E-state index < -0.39 is 0 Å². The van der Waals surface area contributed by atoms with Crippen LogP contribution >= 0.6 is 0 Å². The van der Waals surface area contributed by atoms with E-state index in [-0.39, 0.29) is 0 Å². The Hall–Kier alpha value is -0.120. The van der Waals surface area contributed by atoms with E-state index in [1.165, 1.54) is 38.8 Å². The summed E-state index contributed by atoms with van der Waals surface area (Å²) in [6, 6.07) is 1.69. The summed E-state index contributed by atoms with van der Waals surface area (Å²) >= 11 is 0. The second-order valence-corrected chi connectivity index (χ2v) is 4.79. The van der Waals surface area contributed by atoms with Gasteiger partial charge in [-0.3, -0.25) is 4.90 Å². The Bertz CT molecular complexity index is 179. The summed E-state index contributed by atoms with van der Waals surface area (Å²) in [6.07, 6.45) is 5.61. The summed E-state index contributed by atoms with van der Waals surface area (Å²) in [5, 5.41) is 0. The van der Waals surface area contributed by atoms with Crippen LogP contribution in [0.2, 0.25) is 0 Å². The molecule has 3 heteroatoms. The van der Waals surface area contributed by atoms with Crippen LogP contribution in [0.15, 0.2) is 0 Å². The van der Waals surface area contributed by atoms with E-state index in [0.29, 0.717) is 0 Å². The highest BCUT2D eigenvalue weighted by molar-refractivity contribution is 4.90. The Morgan fingerprint density at radius 1 is 1.36 bits per heavy atom. The van der Waals surface area contributed by atoms with E-state index in [2.05, 4.69) is 16.8 Å². The van der Waals surface area contributed by atoms with Crippen LogP contribution in [0, 0.1) is 0 Å². The van der Waals surface area contributed by atoms with Gasteiger partial charge in [0.1, 0.15) is 0 Å². The average Bonchev–Trinajstić information content (AvgIpc) is 3.02. The fraction of sp³-hybridized carbons (Fsp3) is 1.00. The van der Waals surface area contributed by atoms with Crippen LogP contribution in [0.25, 0.3) is 0 Å². The minimum Gasteiger partial charge on any atom is -0.329 e. The molecule has 0 aromatic carbocycles. The topological polar surface area (TPSA) is 32.5 Å². The summed E-state index contributed by atoms with van der Waals surface area (Å²) in [6.45, 7) is 4.44. The van der Waals surface area contributed by atoms with Crippen molar-refractivity contribution in [3.8, 4) is 0 Å². The van der Waals surface area contributed by atoms with Gasteiger partial charge in [0, 0.05) is 31.7 Å². The van der Waals surface area contributed by atoms with Crippen LogP contribution in [-0.4, -0.2) is 55.1 Å². The summed E-state index contributed by atoms with van der Waals surface area (Å²) in [7, 11) is 2.22. The van der Waals surface area contributed by atoms with E-state index in [0.717, 1.165) is 25.2 Å². The summed E-state index contributed by atoms with van der Waals surface area (Å²) < 4.78 is 0.